The van der Waals surface area contributed by atoms with Crippen LogP contribution in [0.4, 0.5) is 21.5 Å². The summed E-state index contributed by atoms with van der Waals surface area (Å²) in [7, 11) is 0. The maximum atomic E-state index is 13.1. The standard InChI is InChI=1S/C18H17ClFN3O2/c19-15-11-13(5-8-16(15)20)22-18(25)17(24)21-12-3-6-14(7-4-12)23-9-1-2-10-23/h3-8,11H,1-2,9-10H2,(H,21,24)(H,22,25). The minimum Gasteiger partial charge on any atom is -0.372 e. The molecule has 7 heteroatoms. The van der Waals surface area contributed by atoms with Crippen molar-refractivity contribution in [2.24, 2.45) is 0 Å². The molecule has 25 heavy (non-hydrogen) atoms. The van der Waals surface area contributed by atoms with Crippen molar-refractivity contribution in [1.82, 2.24) is 0 Å². The summed E-state index contributed by atoms with van der Waals surface area (Å²) in [6.45, 7) is 2.07. The van der Waals surface area contributed by atoms with Crippen LogP contribution in [0.3, 0.4) is 0 Å². The molecular weight excluding hydrogens is 345 g/mol. The molecule has 3 rings (SSSR count). The topological polar surface area (TPSA) is 61.4 Å². The van der Waals surface area contributed by atoms with Crippen LogP contribution in [0.25, 0.3) is 0 Å². The van der Waals surface area contributed by atoms with E-state index in [1.807, 2.05) is 12.1 Å². The van der Waals surface area contributed by atoms with E-state index in [1.54, 1.807) is 12.1 Å². The molecule has 0 spiro atoms. The highest BCUT2D eigenvalue weighted by atomic mass is 35.5. The number of anilines is 3. The van der Waals surface area contributed by atoms with E-state index in [0.29, 0.717) is 5.69 Å². The summed E-state index contributed by atoms with van der Waals surface area (Å²) in [5.74, 6) is -2.26. The molecule has 0 saturated carbocycles. The molecule has 2 N–H and O–H groups in total. The number of hydrogen-bond acceptors (Lipinski definition) is 3. The number of amides is 2. The summed E-state index contributed by atoms with van der Waals surface area (Å²) in [4.78, 5) is 26.2. The van der Waals surface area contributed by atoms with E-state index in [1.165, 1.54) is 25.0 Å². The summed E-state index contributed by atoms with van der Waals surface area (Å²) in [5, 5.41) is 4.78. The molecule has 5 nitrogen and oxygen atoms in total. The first-order valence-electron chi connectivity index (χ1n) is 7.95. The fourth-order valence-corrected chi connectivity index (χ4v) is 2.86. The molecule has 2 amide bonds. The van der Waals surface area contributed by atoms with Gasteiger partial charge in [-0.05, 0) is 55.3 Å². The molecule has 1 aliphatic rings. The second-order valence-electron chi connectivity index (χ2n) is 5.78. The number of benzene rings is 2. The third kappa shape index (κ3) is 4.28. The molecule has 0 bridgehead atoms. The van der Waals surface area contributed by atoms with Gasteiger partial charge in [0.25, 0.3) is 0 Å². The highest BCUT2D eigenvalue weighted by Gasteiger charge is 2.16. The van der Waals surface area contributed by atoms with Gasteiger partial charge in [0.2, 0.25) is 0 Å². The van der Waals surface area contributed by atoms with Crippen LogP contribution in [0.1, 0.15) is 12.8 Å². The molecule has 1 saturated heterocycles. The van der Waals surface area contributed by atoms with E-state index in [-0.39, 0.29) is 10.7 Å². The first-order valence-corrected chi connectivity index (χ1v) is 8.33. The van der Waals surface area contributed by atoms with Crippen LogP contribution in [-0.4, -0.2) is 24.9 Å². The van der Waals surface area contributed by atoms with E-state index in [2.05, 4.69) is 15.5 Å². The molecule has 0 aromatic heterocycles. The third-order valence-electron chi connectivity index (χ3n) is 3.98. The molecule has 2 aromatic rings. The Labute approximate surface area is 149 Å². The number of halogens is 2. The van der Waals surface area contributed by atoms with Crippen molar-refractivity contribution in [3.05, 3.63) is 53.3 Å². The van der Waals surface area contributed by atoms with Crippen LogP contribution in [0.5, 0.6) is 0 Å². The van der Waals surface area contributed by atoms with Gasteiger partial charge >= 0.3 is 11.8 Å². The maximum absolute atomic E-state index is 13.1. The van der Waals surface area contributed by atoms with Crippen LogP contribution in [-0.2, 0) is 9.59 Å². The van der Waals surface area contributed by atoms with Gasteiger partial charge < -0.3 is 15.5 Å². The predicted octanol–water partition coefficient (Wildman–Crippen LogP) is 3.66. The average molecular weight is 362 g/mol. The third-order valence-corrected chi connectivity index (χ3v) is 4.27. The lowest BCUT2D eigenvalue weighted by atomic mass is 10.2. The Bertz CT molecular complexity index is 789. The Balaban J connectivity index is 1.59. The van der Waals surface area contributed by atoms with Crippen molar-refractivity contribution >= 4 is 40.5 Å². The Kier molecular flexibility index (Phi) is 5.19. The van der Waals surface area contributed by atoms with E-state index < -0.39 is 17.6 Å². The van der Waals surface area contributed by atoms with Crippen molar-refractivity contribution in [1.29, 1.82) is 0 Å². The van der Waals surface area contributed by atoms with Crippen LogP contribution >= 0.6 is 11.6 Å². The molecule has 1 fully saturated rings. The van der Waals surface area contributed by atoms with Crippen LogP contribution in [0.2, 0.25) is 5.02 Å². The van der Waals surface area contributed by atoms with Gasteiger partial charge in [0, 0.05) is 30.2 Å². The highest BCUT2D eigenvalue weighted by Crippen LogP contribution is 2.22. The second-order valence-corrected chi connectivity index (χ2v) is 6.19. The molecule has 1 aliphatic heterocycles. The van der Waals surface area contributed by atoms with Gasteiger partial charge in [0.05, 0.1) is 5.02 Å². The zero-order valence-corrected chi connectivity index (χ0v) is 14.1. The largest absolute Gasteiger partial charge is 0.372 e. The lowest BCUT2D eigenvalue weighted by Crippen LogP contribution is -2.29. The Morgan fingerprint density at radius 2 is 1.48 bits per heavy atom. The molecule has 2 aromatic carbocycles. The lowest BCUT2D eigenvalue weighted by molar-refractivity contribution is -0.132. The average Bonchev–Trinajstić information content (AvgIpc) is 3.13. The number of hydrogen-bond donors (Lipinski definition) is 2. The van der Waals surface area contributed by atoms with Gasteiger partial charge in [-0.15, -0.1) is 0 Å². The number of nitrogens with zero attached hydrogens (tertiary/aromatic N) is 1. The molecule has 130 valence electrons. The Hall–Kier alpha value is -2.60. The molecule has 0 atom stereocenters. The number of carbonyl (C=O) groups is 2. The first-order chi connectivity index (χ1) is 12.0. The van der Waals surface area contributed by atoms with Gasteiger partial charge in [-0.1, -0.05) is 11.6 Å². The summed E-state index contributed by atoms with van der Waals surface area (Å²) < 4.78 is 13.1. The monoisotopic (exact) mass is 361 g/mol. The first kappa shape index (κ1) is 17.2. The van der Waals surface area contributed by atoms with Crippen LogP contribution in [0, 0.1) is 5.82 Å². The summed E-state index contributed by atoms with van der Waals surface area (Å²) in [6, 6.07) is 11.0. The molecule has 1 heterocycles. The zero-order valence-electron chi connectivity index (χ0n) is 13.4. The minimum absolute atomic E-state index is 0.129. The van der Waals surface area contributed by atoms with Crippen molar-refractivity contribution in [3.63, 3.8) is 0 Å². The van der Waals surface area contributed by atoms with Gasteiger partial charge in [0.1, 0.15) is 5.82 Å². The SMILES string of the molecule is O=C(Nc1ccc(N2CCCC2)cc1)C(=O)Nc1ccc(F)c(Cl)c1. The van der Waals surface area contributed by atoms with E-state index >= 15 is 0 Å². The van der Waals surface area contributed by atoms with Gasteiger partial charge in [-0.3, -0.25) is 9.59 Å². The Morgan fingerprint density at radius 3 is 2.08 bits per heavy atom. The molecule has 0 aliphatic carbocycles. The van der Waals surface area contributed by atoms with Crippen LogP contribution in [0.15, 0.2) is 42.5 Å². The van der Waals surface area contributed by atoms with E-state index in [9.17, 15) is 14.0 Å². The van der Waals surface area contributed by atoms with Gasteiger partial charge in [-0.25, -0.2) is 4.39 Å². The number of carbonyl (C=O) groups excluding carboxylic acids is 2. The zero-order chi connectivity index (χ0) is 17.8. The van der Waals surface area contributed by atoms with Gasteiger partial charge in [0.15, 0.2) is 0 Å². The fraction of sp³-hybridized carbons (Fsp3) is 0.222. The second kappa shape index (κ2) is 7.53. The summed E-state index contributed by atoms with van der Waals surface area (Å²) in [5.41, 5.74) is 1.87. The lowest BCUT2D eigenvalue weighted by Gasteiger charge is -2.17. The molecular formula is C18H17ClFN3O2. The fourth-order valence-electron chi connectivity index (χ4n) is 2.68. The van der Waals surface area contributed by atoms with Crippen LogP contribution < -0.4 is 15.5 Å². The number of rotatable bonds is 3. The number of nitrogens with one attached hydrogen (secondary N) is 2. The minimum atomic E-state index is -0.855. The Morgan fingerprint density at radius 1 is 0.920 bits per heavy atom. The highest BCUT2D eigenvalue weighted by molar-refractivity contribution is 6.43. The van der Waals surface area contributed by atoms with E-state index in [4.69, 9.17) is 11.6 Å². The van der Waals surface area contributed by atoms with Crippen molar-refractivity contribution < 1.29 is 14.0 Å². The summed E-state index contributed by atoms with van der Waals surface area (Å²) >= 11 is 5.64. The quantitative estimate of drug-likeness (QED) is 0.820. The van der Waals surface area contributed by atoms with E-state index in [0.717, 1.165) is 24.8 Å². The smallest absolute Gasteiger partial charge is 0.314 e. The predicted molar refractivity (Wildman–Crippen MR) is 96.6 cm³/mol. The van der Waals surface area contributed by atoms with Crippen molar-refractivity contribution in [2.45, 2.75) is 12.8 Å². The molecule has 0 radical (unpaired) electrons. The maximum Gasteiger partial charge on any atom is 0.314 e. The van der Waals surface area contributed by atoms with Crippen molar-refractivity contribution in [3.8, 4) is 0 Å². The van der Waals surface area contributed by atoms with Gasteiger partial charge in [-0.2, -0.15) is 0 Å². The normalized spacial score (nSPS) is 13.6. The molecule has 0 unspecified atom stereocenters. The summed E-state index contributed by atoms with van der Waals surface area (Å²) in [6.07, 6.45) is 2.37. The van der Waals surface area contributed by atoms with Crippen molar-refractivity contribution in [2.75, 3.05) is 28.6 Å².